The van der Waals surface area contributed by atoms with E-state index >= 15 is 0 Å². The third-order valence-electron chi connectivity index (χ3n) is 1.72. The molecule has 0 saturated heterocycles. The molecule has 0 amide bonds. The fourth-order valence-electron chi connectivity index (χ4n) is 0.813. The maximum atomic E-state index is 11.5. The molecule has 1 unspecified atom stereocenters. The molecular weight excluding hydrogens is 248 g/mol. The minimum Gasteiger partial charge on any atom is -0.479 e. The van der Waals surface area contributed by atoms with E-state index in [2.05, 4.69) is 0 Å². The van der Waals surface area contributed by atoms with Crippen molar-refractivity contribution in [3.05, 3.63) is 0 Å². The summed E-state index contributed by atoms with van der Waals surface area (Å²) in [4.78, 5) is 22.8. The molecular formula is C10H16O4S2. The van der Waals surface area contributed by atoms with Gasteiger partial charge in [0.15, 0.2) is 5.78 Å². The summed E-state index contributed by atoms with van der Waals surface area (Å²) in [5.74, 6) is -1.29. The SMILES string of the molecule is CCOC(=O)C(C)C(=O)CSC(=S)OCC. The number of esters is 1. The molecule has 0 rings (SSSR count). The van der Waals surface area contributed by atoms with E-state index < -0.39 is 11.9 Å². The van der Waals surface area contributed by atoms with E-state index in [1.807, 2.05) is 6.92 Å². The van der Waals surface area contributed by atoms with Crippen LogP contribution in [0.5, 0.6) is 0 Å². The Kier molecular flexibility index (Phi) is 8.19. The van der Waals surface area contributed by atoms with E-state index in [0.29, 0.717) is 11.0 Å². The van der Waals surface area contributed by atoms with Crippen LogP contribution >= 0.6 is 24.0 Å². The molecule has 0 radical (unpaired) electrons. The highest BCUT2D eigenvalue weighted by Crippen LogP contribution is 2.10. The number of thiocarbonyl (C=S) groups is 1. The molecule has 0 N–H and O–H groups in total. The van der Waals surface area contributed by atoms with Gasteiger partial charge in [0, 0.05) is 0 Å². The standard InChI is InChI=1S/C10H16O4S2/c1-4-13-9(12)7(3)8(11)6-16-10(15)14-5-2/h7H,4-6H2,1-3H3. The lowest BCUT2D eigenvalue weighted by atomic mass is 10.1. The first-order valence-corrected chi connectivity index (χ1v) is 6.41. The van der Waals surface area contributed by atoms with Crippen molar-refractivity contribution in [3.63, 3.8) is 0 Å². The highest BCUT2D eigenvalue weighted by atomic mass is 32.2. The Morgan fingerprint density at radius 1 is 1.25 bits per heavy atom. The molecule has 0 bridgehead atoms. The van der Waals surface area contributed by atoms with Crippen LogP contribution in [0.4, 0.5) is 0 Å². The number of ketones is 1. The van der Waals surface area contributed by atoms with Crippen LogP contribution in [0.15, 0.2) is 0 Å². The van der Waals surface area contributed by atoms with Crippen LogP contribution < -0.4 is 0 Å². The summed E-state index contributed by atoms with van der Waals surface area (Å²) in [7, 11) is 0. The quantitative estimate of drug-likeness (QED) is 0.414. The van der Waals surface area contributed by atoms with E-state index in [0.717, 1.165) is 11.8 Å². The fraction of sp³-hybridized carbons (Fsp3) is 0.700. The number of rotatable bonds is 6. The van der Waals surface area contributed by atoms with Gasteiger partial charge in [-0.25, -0.2) is 0 Å². The van der Waals surface area contributed by atoms with E-state index in [4.69, 9.17) is 21.7 Å². The second kappa shape index (κ2) is 8.52. The fourth-order valence-corrected chi connectivity index (χ4v) is 1.82. The van der Waals surface area contributed by atoms with Gasteiger partial charge in [-0.05, 0) is 33.0 Å². The van der Waals surface area contributed by atoms with Crippen LogP contribution in [0.2, 0.25) is 0 Å². The summed E-state index contributed by atoms with van der Waals surface area (Å²) in [5, 5.41) is 0. The van der Waals surface area contributed by atoms with E-state index in [1.54, 1.807) is 6.92 Å². The van der Waals surface area contributed by atoms with E-state index in [9.17, 15) is 9.59 Å². The molecule has 6 heteroatoms. The predicted octanol–water partition coefficient (Wildman–Crippen LogP) is 1.81. The average Bonchev–Trinajstić information content (AvgIpc) is 2.25. The second-order valence-electron chi connectivity index (χ2n) is 2.91. The first-order valence-electron chi connectivity index (χ1n) is 5.01. The van der Waals surface area contributed by atoms with Crippen LogP contribution in [-0.2, 0) is 19.1 Å². The van der Waals surface area contributed by atoms with Gasteiger partial charge < -0.3 is 9.47 Å². The van der Waals surface area contributed by atoms with Gasteiger partial charge in [-0.2, -0.15) is 0 Å². The van der Waals surface area contributed by atoms with Crippen molar-refractivity contribution in [2.45, 2.75) is 20.8 Å². The largest absolute Gasteiger partial charge is 0.479 e. The zero-order valence-corrected chi connectivity index (χ0v) is 11.3. The Morgan fingerprint density at radius 2 is 1.81 bits per heavy atom. The lowest BCUT2D eigenvalue weighted by Crippen LogP contribution is -2.25. The molecule has 0 aliphatic carbocycles. The van der Waals surface area contributed by atoms with E-state index in [-0.39, 0.29) is 18.1 Å². The van der Waals surface area contributed by atoms with Crippen LogP contribution in [0.1, 0.15) is 20.8 Å². The zero-order chi connectivity index (χ0) is 12.6. The Bertz CT molecular complexity index is 266. The van der Waals surface area contributed by atoms with Crippen molar-refractivity contribution < 1.29 is 19.1 Å². The number of hydrogen-bond donors (Lipinski definition) is 0. The molecule has 4 nitrogen and oxygen atoms in total. The molecule has 0 aromatic heterocycles. The molecule has 0 aromatic carbocycles. The van der Waals surface area contributed by atoms with Gasteiger partial charge >= 0.3 is 5.97 Å². The molecule has 0 aliphatic heterocycles. The Hall–Kier alpha value is -0.620. The van der Waals surface area contributed by atoms with Crippen molar-refractivity contribution in [1.29, 1.82) is 0 Å². The smallest absolute Gasteiger partial charge is 0.316 e. The normalized spacial score (nSPS) is 11.7. The van der Waals surface area contributed by atoms with Gasteiger partial charge in [-0.15, -0.1) is 0 Å². The van der Waals surface area contributed by atoms with Crippen LogP contribution in [0.25, 0.3) is 0 Å². The summed E-state index contributed by atoms with van der Waals surface area (Å²) in [6.45, 7) is 5.81. The number of carbonyl (C=O) groups is 2. The summed E-state index contributed by atoms with van der Waals surface area (Å²) < 4.78 is 10.1. The number of thioether (sulfide) groups is 1. The van der Waals surface area contributed by atoms with Gasteiger partial charge in [-0.1, -0.05) is 11.8 Å². The Morgan fingerprint density at radius 3 is 2.31 bits per heavy atom. The molecule has 16 heavy (non-hydrogen) atoms. The maximum absolute atomic E-state index is 11.5. The third kappa shape index (κ3) is 6.07. The summed E-state index contributed by atoms with van der Waals surface area (Å²) in [6, 6.07) is 0. The molecule has 0 fully saturated rings. The lowest BCUT2D eigenvalue weighted by molar-refractivity contribution is -0.150. The summed E-state index contributed by atoms with van der Waals surface area (Å²) in [6.07, 6.45) is 0. The molecule has 0 aromatic rings. The van der Waals surface area contributed by atoms with Gasteiger partial charge in [0.2, 0.25) is 4.38 Å². The van der Waals surface area contributed by atoms with E-state index in [1.165, 1.54) is 6.92 Å². The Balaban J connectivity index is 3.96. The monoisotopic (exact) mass is 264 g/mol. The van der Waals surface area contributed by atoms with Crippen LogP contribution in [-0.4, -0.2) is 35.1 Å². The Labute approximate surface area is 105 Å². The molecule has 0 spiro atoms. The molecule has 0 aliphatic rings. The topological polar surface area (TPSA) is 52.6 Å². The summed E-state index contributed by atoms with van der Waals surface area (Å²) in [5.41, 5.74) is 0. The zero-order valence-electron chi connectivity index (χ0n) is 9.65. The molecule has 92 valence electrons. The van der Waals surface area contributed by atoms with Gasteiger partial charge in [0.1, 0.15) is 5.92 Å². The lowest BCUT2D eigenvalue weighted by Gasteiger charge is -2.09. The highest BCUT2D eigenvalue weighted by Gasteiger charge is 2.22. The average molecular weight is 264 g/mol. The highest BCUT2D eigenvalue weighted by molar-refractivity contribution is 8.23. The van der Waals surface area contributed by atoms with Crippen LogP contribution in [0, 0.1) is 5.92 Å². The second-order valence-corrected chi connectivity index (χ2v) is 4.49. The van der Waals surface area contributed by atoms with Crippen molar-refractivity contribution in [1.82, 2.24) is 0 Å². The minimum atomic E-state index is -0.739. The number of ether oxygens (including phenoxy) is 2. The van der Waals surface area contributed by atoms with Crippen molar-refractivity contribution in [2.24, 2.45) is 5.92 Å². The molecule has 0 saturated carbocycles. The van der Waals surface area contributed by atoms with Gasteiger partial charge in [-0.3, -0.25) is 9.59 Å². The van der Waals surface area contributed by atoms with Crippen molar-refractivity contribution >= 4 is 40.1 Å². The van der Waals surface area contributed by atoms with Gasteiger partial charge in [0.05, 0.1) is 19.0 Å². The van der Waals surface area contributed by atoms with Crippen molar-refractivity contribution in [3.8, 4) is 0 Å². The molecule has 1 atom stereocenters. The number of Topliss-reactive ketones (excluding diaryl/α,β-unsaturated/α-hetero) is 1. The first kappa shape index (κ1) is 15.4. The number of hydrogen-bond acceptors (Lipinski definition) is 6. The third-order valence-corrected chi connectivity index (χ3v) is 2.97. The maximum Gasteiger partial charge on any atom is 0.316 e. The predicted molar refractivity (Wildman–Crippen MR) is 67.5 cm³/mol. The van der Waals surface area contributed by atoms with Crippen LogP contribution in [0.3, 0.4) is 0 Å². The number of carbonyl (C=O) groups excluding carboxylic acids is 2. The first-order chi connectivity index (χ1) is 7.52. The molecule has 0 heterocycles. The van der Waals surface area contributed by atoms with Crippen molar-refractivity contribution in [2.75, 3.05) is 19.0 Å². The summed E-state index contributed by atoms with van der Waals surface area (Å²) >= 11 is 5.97. The minimum absolute atomic E-state index is 0.138. The van der Waals surface area contributed by atoms with Gasteiger partial charge in [0.25, 0.3) is 0 Å².